The van der Waals surface area contributed by atoms with E-state index in [0.29, 0.717) is 5.92 Å². The molecule has 1 fully saturated rings. The lowest BCUT2D eigenvalue weighted by molar-refractivity contribution is -0.112. The summed E-state index contributed by atoms with van der Waals surface area (Å²) in [5.41, 5.74) is -0.173. The summed E-state index contributed by atoms with van der Waals surface area (Å²) in [6.07, 6.45) is 5.34. The van der Waals surface area contributed by atoms with E-state index >= 15 is 0 Å². The quantitative estimate of drug-likeness (QED) is 0.659. The van der Waals surface area contributed by atoms with E-state index in [-0.39, 0.29) is 24.0 Å². The molecule has 0 radical (unpaired) electrons. The molecule has 104 valence electrons. The standard InChI is InChI=1S/C15H26O3/c1-10-7-8-12(17)11-5-4-6-13(15(10,11)3)14(2,18)9-16/h5,10,12-13,16-18H,4,6-9H2,1-3H3/t10-,12-,13+,14+,15-/m1/s1. The molecular weight excluding hydrogens is 228 g/mol. The van der Waals surface area contributed by atoms with Crippen molar-refractivity contribution in [2.24, 2.45) is 17.3 Å². The van der Waals surface area contributed by atoms with E-state index in [1.807, 2.05) is 0 Å². The zero-order valence-electron chi connectivity index (χ0n) is 11.7. The fraction of sp³-hybridized carbons (Fsp3) is 0.867. The maximum absolute atomic E-state index is 10.5. The van der Waals surface area contributed by atoms with Gasteiger partial charge in [-0.15, -0.1) is 0 Å². The number of aliphatic hydroxyl groups is 3. The molecule has 0 saturated heterocycles. The molecule has 5 atom stereocenters. The molecule has 0 unspecified atom stereocenters. The SMILES string of the molecule is C[C@@H]1CC[C@@H](O)C2=CCC[C@@H]([C@@](C)(O)CO)[C@@]21C. The Bertz CT molecular complexity index is 348. The van der Waals surface area contributed by atoms with Gasteiger partial charge in [0.15, 0.2) is 0 Å². The van der Waals surface area contributed by atoms with Crippen molar-refractivity contribution in [1.82, 2.24) is 0 Å². The third-order valence-electron chi connectivity index (χ3n) is 5.49. The second-order valence-electron chi connectivity index (χ2n) is 6.58. The predicted octanol–water partition coefficient (Wildman–Crippen LogP) is 1.86. The molecule has 2 aliphatic rings. The zero-order chi connectivity index (χ0) is 13.6. The molecule has 0 aromatic carbocycles. The Labute approximate surface area is 110 Å². The van der Waals surface area contributed by atoms with Crippen LogP contribution < -0.4 is 0 Å². The molecule has 0 aromatic heterocycles. The minimum absolute atomic E-state index is 0.0138. The summed E-state index contributed by atoms with van der Waals surface area (Å²) >= 11 is 0. The molecule has 2 rings (SSSR count). The minimum Gasteiger partial charge on any atom is -0.393 e. The first-order valence-corrected chi connectivity index (χ1v) is 7.06. The molecule has 18 heavy (non-hydrogen) atoms. The molecule has 0 heterocycles. The van der Waals surface area contributed by atoms with Gasteiger partial charge in [-0.2, -0.15) is 0 Å². The van der Waals surface area contributed by atoms with Crippen LogP contribution in [0.5, 0.6) is 0 Å². The van der Waals surface area contributed by atoms with Gasteiger partial charge in [-0.3, -0.25) is 0 Å². The lowest BCUT2D eigenvalue weighted by Crippen LogP contribution is -2.54. The van der Waals surface area contributed by atoms with Crippen LogP contribution in [0.25, 0.3) is 0 Å². The molecule has 3 nitrogen and oxygen atoms in total. The van der Waals surface area contributed by atoms with E-state index in [9.17, 15) is 15.3 Å². The topological polar surface area (TPSA) is 60.7 Å². The number of hydrogen-bond donors (Lipinski definition) is 3. The first-order valence-electron chi connectivity index (χ1n) is 7.06. The Morgan fingerprint density at radius 3 is 2.67 bits per heavy atom. The summed E-state index contributed by atoms with van der Waals surface area (Å²) in [6.45, 7) is 5.86. The van der Waals surface area contributed by atoms with Crippen molar-refractivity contribution in [3.8, 4) is 0 Å². The van der Waals surface area contributed by atoms with E-state index in [0.717, 1.165) is 31.3 Å². The minimum atomic E-state index is -1.07. The molecule has 0 aliphatic heterocycles. The molecule has 0 spiro atoms. The average Bonchev–Trinajstić information content (AvgIpc) is 2.34. The van der Waals surface area contributed by atoms with Gasteiger partial charge in [-0.25, -0.2) is 0 Å². The van der Waals surface area contributed by atoms with Gasteiger partial charge in [0.05, 0.1) is 18.3 Å². The van der Waals surface area contributed by atoms with Crippen molar-refractivity contribution < 1.29 is 15.3 Å². The summed E-state index contributed by atoms with van der Waals surface area (Å²) in [7, 11) is 0. The molecule has 1 saturated carbocycles. The summed E-state index contributed by atoms with van der Waals surface area (Å²) in [5.74, 6) is 0.440. The van der Waals surface area contributed by atoms with Gasteiger partial charge in [0, 0.05) is 0 Å². The van der Waals surface area contributed by atoms with Crippen molar-refractivity contribution in [2.45, 2.75) is 58.2 Å². The smallest absolute Gasteiger partial charge is 0.0885 e. The average molecular weight is 254 g/mol. The zero-order valence-corrected chi connectivity index (χ0v) is 11.7. The lowest BCUT2D eigenvalue weighted by atomic mass is 9.52. The Balaban J connectivity index is 2.43. The molecule has 2 aliphatic carbocycles. The number of hydrogen-bond acceptors (Lipinski definition) is 3. The largest absolute Gasteiger partial charge is 0.393 e. The number of rotatable bonds is 2. The second-order valence-corrected chi connectivity index (χ2v) is 6.58. The highest BCUT2D eigenvalue weighted by atomic mass is 16.3. The monoisotopic (exact) mass is 254 g/mol. The summed E-state index contributed by atoms with van der Waals surface area (Å²) < 4.78 is 0. The van der Waals surface area contributed by atoms with E-state index in [4.69, 9.17) is 0 Å². The van der Waals surface area contributed by atoms with E-state index in [1.165, 1.54) is 0 Å². The van der Waals surface area contributed by atoms with Gasteiger partial charge >= 0.3 is 0 Å². The predicted molar refractivity (Wildman–Crippen MR) is 71.0 cm³/mol. The number of fused-ring (bicyclic) bond motifs is 1. The third kappa shape index (κ3) is 1.93. The van der Waals surface area contributed by atoms with Crippen molar-refractivity contribution in [2.75, 3.05) is 6.61 Å². The van der Waals surface area contributed by atoms with E-state index in [1.54, 1.807) is 6.92 Å². The van der Waals surface area contributed by atoms with Gasteiger partial charge in [-0.1, -0.05) is 19.9 Å². The van der Waals surface area contributed by atoms with Gasteiger partial charge in [0.2, 0.25) is 0 Å². The number of aliphatic hydroxyl groups excluding tert-OH is 2. The summed E-state index contributed by atoms with van der Waals surface area (Å²) in [5, 5.41) is 30.2. The Kier molecular flexibility index (Phi) is 3.60. The normalized spacial score (nSPS) is 43.9. The van der Waals surface area contributed by atoms with Crippen LogP contribution in [0.3, 0.4) is 0 Å². The van der Waals surface area contributed by atoms with Crippen LogP contribution in [0, 0.1) is 17.3 Å². The third-order valence-corrected chi connectivity index (χ3v) is 5.49. The fourth-order valence-corrected chi connectivity index (χ4v) is 4.18. The van der Waals surface area contributed by atoms with Crippen LogP contribution in [0.4, 0.5) is 0 Å². The van der Waals surface area contributed by atoms with Crippen molar-refractivity contribution in [1.29, 1.82) is 0 Å². The van der Waals surface area contributed by atoms with Crippen LogP contribution >= 0.6 is 0 Å². The van der Waals surface area contributed by atoms with Crippen LogP contribution in [-0.2, 0) is 0 Å². The summed E-state index contributed by atoms with van der Waals surface area (Å²) in [4.78, 5) is 0. The molecule has 0 aromatic rings. The van der Waals surface area contributed by atoms with Crippen LogP contribution in [0.1, 0.15) is 46.5 Å². The first-order chi connectivity index (χ1) is 8.34. The van der Waals surface area contributed by atoms with Crippen LogP contribution in [0.2, 0.25) is 0 Å². The van der Waals surface area contributed by atoms with Crippen molar-refractivity contribution >= 4 is 0 Å². The van der Waals surface area contributed by atoms with Gasteiger partial charge in [-0.05, 0) is 55.4 Å². The maximum atomic E-state index is 10.5. The van der Waals surface area contributed by atoms with E-state index in [2.05, 4.69) is 19.9 Å². The highest BCUT2D eigenvalue weighted by molar-refractivity contribution is 5.27. The van der Waals surface area contributed by atoms with Gasteiger partial charge < -0.3 is 15.3 Å². The second kappa shape index (κ2) is 4.62. The molecule has 0 bridgehead atoms. The Morgan fingerprint density at radius 2 is 2.06 bits per heavy atom. The summed E-state index contributed by atoms with van der Waals surface area (Å²) in [6, 6.07) is 0. The van der Waals surface area contributed by atoms with Gasteiger partial charge in [0.25, 0.3) is 0 Å². The number of allylic oxidation sites excluding steroid dienone is 1. The maximum Gasteiger partial charge on any atom is 0.0885 e. The Morgan fingerprint density at radius 1 is 1.39 bits per heavy atom. The molecular formula is C15H26O3. The highest BCUT2D eigenvalue weighted by Gasteiger charge is 2.53. The van der Waals surface area contributed by atoms with E-state index < -0.39 is 5.60 Å². The highest BCUT2D eigenvalue weighted by Crippen LogP contribution is 2.56. The first kappa shape index (κ1) is 14.0. The van der Waals surface area contributed by atoms with Crippen LogP contribution in [-0.4, -0.2) is 33.6 Å². The molecule has 3 heteroatoms. The van der Waals surface area contributed by atoms with Crippen molar-refractivity contribution in [3.63, 3.8) is 0 Å². The molecule has 0 amide bonds. The Hall–Kier alpha value is -0.380. The van der Waals surface area contributed by atoms with Crippen molar-refractivity contribution in [3.05, 3.63) is 11.6 Å². The molecule has 3 N–H and O–H groups in total. The fourth-order valence-electron chi connectivity index (χ4n) is 4.18. The van der Waals surface area contributed by atoms with Gasteiger partial charge in [0.1, 0.15) is 0 Å². The lowest BCUT2D eigenvalue weighted by Gasteiger charge is -2.55. The van der Waals surface area contributed by atoms with Crippen LogP contribution in [0.15, 0.2) is 11.6 Å².